The molecule has 5 heteroatoms. The Morgan fingerprint density at radius 1 is 0.946 bits per heavy atom. The predicted molar refractivity (Wildman–Crippen MR) is 147 cm³/mol. The molecule has 0 spiro atoms. The lowest BCUT2D eigenvalue weighted by molar-refractivity contribution is -0.136. The van der Waals surface area contributed by atoms with Crippen molar-refractivity contribution in [2.45, 2.75) is 39.5 Å². The summed E-state index contributed by atoms with van der Waals surface area (Å²) in [5.74, 6) is -0.916. The molecule has 0 unspecified atom stereocenters. The van der Waals surface area contributed by atoms with E-state index in [-0.39, 0.29) is 6.42 Å². The molecule has 5 rings (SSSR count). The first kappa shape index (κ1) is 24.1. The molecule has 0 saturated carbocycles. The molecule has 0 radical (unpaired) electrons. The number of aryl methyl sites for hydroxylation is 1. The van der Waals surface area contributed by atoms with Crippen LogP contribution in [0.5, 0.6) is 0 Å². The standard InChI is InChI=1S/C32H27N3O2/c1-3-4-7-21-12-15-28-26(16-21)25(23-13-10-22(19-33)11-14-23)17-30(35-28)32-20(2)29(18-31(36)37)34-27-9-6-5-8-24(27)32/h5-6,8-17H,3-4,7,18H2,1-2H3,(H,36,37). The summed E-state index contributed by atoms with van der Waals surface area (Å²) in [4.78, 5) is 21.4. The first-order valence-electron chi connectivity index (χ1n) is 12.5. The number of hydrogen-bond donors (Lipinski definition) is 1. The van der Waals surface area contributed by atoms with Crippen molar-refractivity contribution < 1.29 is 9.90 Å². The van der Waals surface area contributed by atoms with Gasteiger partial charge in [-0.1, -0.05) is 49.7 Å². The zero-order chi connectivity index (χ0) is 25.9. The average molecular weight is 486 g/mol. The number of aromatic nitrogens is 2. The van der Waals surface area contributed by atoms with Gasteiger partial charge in [0.2, 0.25) is 0 Å². The number of fused-ring (bicyclic) bond motifs is 2. The predicted octanol–water partition coefficient (Wildman–Crippen LogP) is 7.27. The highest BCUT2D eigenvalue weighted by Gasteiger charge is 2.18. The highest BCUT2D eigenvalue weighted by Crippen LogP contribution is 2.37. The largest absolute Gasteiger partial charge is 0.481 e. The van der Waals surface area contributed by atoms with Gasteiger partial charge in [0, 0.05) is 16.3 Å². The third-order valence-electron chi connectivity index (χ3n) is 6.83. The van der Waals surface area contributed by atoms with Gasteiger partial charge in [-0.15, -0.1) is 0 Å². The van der Waals surface area contributed by atoms with Gasteiger partial charge in [-0.3, -0.25) is 9.78 Å². The smallest absolute Gasteiger partial charge is 0.309 e. The second-order valence-electron chi connectivity index (χ2n) is 9.35. The van der Waals surface area contributed by atoms with E-state index in [1.54, 1.807) is 0 Å². The zero-order valence-electron chi connectivity index (χ0n) is 21.0. The van der Waals surface area contributed by atoms with E-state index in [4.69, 9.17) is 4.98 Å². The Morgan fingerprint density at radius 3 is 2.43 bits per heavy atom. The van der Waals surface area contributed by atoms with Gasteiger partial charge in [-0.05, 0) is 78.4 Å². The van der Waals surface area contributed by atoms with Gasteiger partial charge in [0.05, 0.1) is 40.5 Å². The molecule has 0 aliphatic carbocycles. The van der Waals surface area contributed by atoms with Crippen LogP contribution in [0.3, 0.4) is 0 Å². The van der Waals surface area contributed by atoms with Crippen molar-refractivity contribution in [3.05, 3.63) is 95.2 Å². The molecule has 5 nitrogen and oxygen atoms in total. The third-order valence-corrected chi connectivity index (χ3v) is 6.83. The number of nitrogens with zero attached hydrogens (tertiary/aromatic N) is 3. The van der Waals surface area contributed by atoms with E-state index >= 15 is 0 Å². The maximum absolute atomic E-state index is 11.6. The lowest BCUT2D eigenvalue weighted by Crippen LogP contribution is -2.07. The minimum absolute atomic E-state index is 0.152. The molecule has 0 bridgehead atoms. The molecule has 0 atom stereocenters. The molecule has 0 saturated heterocycles. The Balaban J connectivity index is 1.81. The molecule has 3 aromatic carbocycles. The molecule has 37 heavy (non-hydrogen) atoms. The SMILES string of the molecule is CCCCc1ccc2nc(-c3c(C)c(CC(=O)O)nc4ccccc34)cc(-c3ccc(C#N)cc3)c2c1. The van der Waals surface area contributed by atoms with Gasteiger partial charge in [0.25, 0.3) is 0 Å². The molecule has 0 amide bonds. The van der Waals surface area contributed by atoms with Gasteiger partial charge in [-0.2, -0.15) is 5.26 Å². The van der Waals surface area contributed by atoms with Crippen LogP contribution in [0.4, 0.5) is 0 Å². The minimum atomic E-state index is -0.916. The topological polar surface area (TPSA) is 86.9 Å². The van der Waals surface area contributed by atoms with Crippen molar-refractivity contribution >= 4 is 27.8 Å². The van der Waals surface area contributed by atoms with Crippen LogP contribution in [-0.2, 0) is 17.6 Å². The normalized spacial score (nSPS) is 11.1. The van der Waals surface area contributed by atoms with Crippen LogP contribution in [-0.4, -0.2) is 21.0 Å². The van der Waals surface area contributed by atoms with Crippen molar-refractivity contribution in [1.82, 2.24) is 9.97 Å². The van der Waals surface area contributed by atoms with Crippen molar-refractivity contribution in [2.24, 2.45) is 0 Å². The van der Waals surface area contributed by atoms with Crippen molar-refractivity contribution in [3.63, 3.8) is 0 Å². The number of benzene rings is 3. The Morgan fingerprint density at radius 2 is 1.70 bits per heavy atom. The monoisotopic (exact) mass is 485 g/mol. The summed E-state index contributed by atoms with van der Waals surface area (Å²) in [5.41, 5.74) is 8.56. The molecular formula is C32H27N3O2. The van der Waals surface area contributed by atoms with Gasteiger partial charge in [-0.25, -0.2) is 4.98 Å². The lowest BCUT2D eigenvalue weighted by atomic mass is 9.92. The Hall–Kier alpha value is -4.56. The number of para-hydroxylation sites is 1. The second kappa shape index (κ2) is 10.2. The number of rotatable bonds is 7. The number of pyridine rings is 2. The number of aliphatic carboxylic acids is 1. The lowest BCUT2D eigenvalue weighted by Gasteiger charge is -2.16. The average Bonchev–Trinajstić information content (AvgIpc) is 2.91. The number of unbranched alkanes of at least 4 members (excludes halogenated alkanes) is 1. The van der Waals surface area contributed by atoms with E-state index in [9.17, 15) is 15.2 Å². The fraction of sp³-hybridized carbons (Fsp3) is 0.188. The quantitative estimate of drug-likeness (QED) is 0.262. The van der Waals surface area contributed by atoms with Gasteiger partial charge < -0.3 is 5.11 Å². The number of carbonyl (C=O) groups is 1. The van der Waals surface area contributed by atoms with Crippen LogP contribution >= 0.6 is 0 Å². The van der Waals surface area contributed by atoms with Gasteiger partial charge in [0.1, 0.15) is 0 Å². The van der Waals surface area contributed by atoms with E-state index in [0.29, 0.717) is 11.3 Å². The number of nitriles is 1. The van der Waals surface area contributed by atoms with E-state index < -0.39 is 5.97 Å². The van der Waals surface area contributed by atoms with Crippen molar-refractivity contribution in [3.8, 4) is 28.5 Å². The zero-order valence-corrected chi connectivity index (χ0v) is 21.0. The van der Waals surface area contributed by atoms with Crippen LogP contribution < -0.4 is 0 Å². The van der Waals surface area contributed by atoms with Gasteiger partial charge in [0.15, 0.2) is 0 Å². The van der Waals surface area contributed by atoms with E-state index in [1.807, 2.05) is 55.5 Å². The van der Waals surface area contributed by atoms with Crippen molar-refractivity contribution in [1.29, 1.82) is 5.26 Å². The van der Waals surface area contributed by atoms with Crippen LogP contribution in [0.2, 0.25) is 0 Å². The van der Waals surface area contributed by atoms with Crippen LogP contribution in [0.1, 0.15) is 42.1 Å². The van der Waals surface area contributed by atoms with Crippen LogP contribution in [0.15, 0.2) is 72.8 Å². The Kier molecular flexibility index (Phi) is 6.66. The molecule has 5 aromatic rings. The van der Waals surface area contributed by atoms with E-state index in [2.05, 4.69) is 42.2 Å². The Bertz CT molecular complexity index is 1680. The summed E-state index contributed by atoms with van der Waals surface area (Å²) in [6.45, 7) is 4.12. The maximum Gasteiger partial charge on any atom is 0.309 e. The van der Waals surface area contributed by atoms with Crippen molar-refractivity contribution in [2.75, 3.05) is 0 Å². The molecule has 0 fully saturated rings. The highest BCUT2D eigenvalue weighted by atomic mass is 16.4. The first-order chi connectivity index (χ1) is 18.0. The summed E-state index contributed by atoms with van der Waals surface area (Å²) in [6, 6.07) is 26.1. The third kappa shape index (κ3) is 4.79. The Labute approximate surface area is 216 Å². The number of carboxylic acids is 1. The van der Waals surface area contributed by atoms with Gasteiger partial charge >= 0.3 is 5.97 Å². The molecule has 182 valence electrons. The maximum atomic E-state index is 11.6. The molecule has 2 aromatic heterocycles. The highest BCUT2D eigenvalue weighted by molar-refractivity contribution is 6.01. The summed E-state index contributed by atoms with van der Waals surface area (Å²) >= 11 is 0. The summed E-state index contributed by atoms with van der Waals surface area (Å²) in [6.07, 6.45) is 3.11. The van der Waals surface area contributed by atoms with Crippen LogP contribution in [0.25, 0.3) is 44.2 Å². The number of hydrogen-bond acceptors (Lipinski definition) is 4. The minimum Gasteiger partial charge on any atom is -0.481 e. The van der Waals surface area contributed by atoms with E-state index in [1.165, 1.54) is 5.56 Å². The van der Waals surface area contributed by atoms with E-state index in [0.717, 1.165) is 69.0 Å². The molecule has 2 heterocycles. The second-order valence-corrected chi connectivity index (χ2v) is 9.35. The first-order valence-corrected chi connectivity index (χ1v) is 12.5. The summed E-state index contributed by atoms with van der Waals surface area (Å²) in [7, 11) is 0. The summed E-state index contributed by atoms with van der Waals surface area (Å²) < 4.78 is 0. The molecular weight excluding hydrogens is 458 g/mol. The fourth-order valence-corrected chi connectivity index (χ4v) is 4.90. The molecule has 1 N–H and O–H groups in total. The number of carboxylic acid groups (broad SMARTS) is 1. The molecule has 0 aliphatic rings. The molecule has 0 aliphatic heterocycles. The fourth-order valence-electron chi connectivity index (χ4n) is 4.90. The van der Waals surface area contributed by atoms with Crippen LogP contribution in [0, 0.1) is 18.3 Å². The summed E-state index contributed by atoms with van der Waals surface area (Å²) in [5, 5.41) is 20.8.